The zero-order valence-electron chi connectivity index (χ0n) is 18.9. The van der Waals surface area contributed by atoms with Gasteiger partial charge in [0.2, 0.25) is 5.91 Å². The average molecular weight is 441 g/mol. The van der Waals surface area contributed by atoms with E-state index in [-0.39, 0.29) is 24.9 Å². The number of ketones is 1. The summed E-state index contributed by atoms with van der Waals surface area (Å²) in [6, 6.07) is 17.1. The molecule has 7 nitrogen and oxygen atoms in total. The normalized spacial score (nSPS) is 12.6. The highest BCUT2D eigenvalue weighted by molar-refractivity contribution is 5.92. The van der Waals surface area contributed by atoms with Gasteiger partial charge in [-0.2, -0.15) is 0 Å². The molecule has 2 atom stereocenters. The van der Waals surface area contributed by atoms with Crippen LogP contribution in [0.25, 0.3) is 0 Å². The number of hydrogen-bond acceptors (Lipinski definition) is 5. The van der Waals surface area contributed by atoms with Gasteiger partial charge < -0.3 is 20.1 Å². The molecule has 2 rings (SSSR count). The summed E-state index contributed by atoms with van der Waals surface area (Å²) in [5, 5.41) is 5.44. The van der Waals surface area contributed by atoms with Crippen LogP contribution in [0, 0.1) is 5.92 Å². The van der Waals surface area contributed by atoms with Gasteiger partial charge in [0, 0.05) is 7.11 Å². The number of carbonyl (C=O) groups excluding carboxylic acids is 3. The van der Waals surface area contributed by atoms with Crippen molar-refractivity contribution < 1.29 is 23.9 Å². The molecule has 7 heteroatoms. The second kappa shape index (κ2) is 13.3. The summed E-state index contributed by atoms with van der Waals surface area (Å²) in [6.07, 6.45) is 0.0576. The predicted molar refractivity (Wildman–Crippen MR) is 122 cm³/mol. The molecule has 0 aromatic heterocycles. The summed E-state index contributed by atoms with van der Waals surface area (Å²) in [5.41, 5.74) is 1.76. The molecule has 0 unspecified atom stereocenters. The number of nitrogens with one attached hydrogen (secondary N) is 2. The van der Waals surface area contributed by atoms with E-state index in [1.807, 2.05) is 74.5 Å². The molecule has 0 saturated carbocycles. The van der Waals surface area contributed by atoms with Gasteiger partial charge in [0.1, 0.15) is 19.3 Å². The molecule has 2 aromatic rings. The molecule has 0 bridgehead atoms. The van der Waals surface area contributed by atoms with Gasteiger partial charge in [0.25, 0.3) is 0 Å². The monoisotopic (exact) mass is 440 g/mol. The Kier molecular flexibility index (Phi) is 10.4. The minimum Gasteiger partial charge on any atom is -0.445 e. The second-order valence-electron chi connectivity index (χ2n) is 8.04. The van der Waals surface area contributed by atoms with Crippen molar-refractivity contribution in [2.75, 3.05) is 13.7 Å². The average Bonchev–Trinajstić information content (AvgIpc) is 2.78. The van der Waals surface area contributed by atoms with Crippen molar-refractivity contribution in [1.82, 2.24) is 10.6 Å². The number of rotatable bonds is 12. The van der Waals surface area contributed by atoms with Gasteiger partial charge >= 0.3 is 6.09 Å². The van der Waals surface area contributed by atoms with Gasteiger partial charge in [-0.25, -0.2) is 4.79 Å². The number of carbonyl (C=O) groups is 3. The lowest BCUT2D eigenvalue weighted by Crippen LogP contribution is -2.53. The smallest absolute Gasteiger partial charge is 0.408 e. The van der Waals surface area contributed by atoms with E-state index in [9.17, 15) is 14.4 Å². The Morgan fingerprint density at radius 2 is 1.44 bits per heavy atom. The van der Waals surface area contributed by atoms with Crippen molar-refractivity contribution in [3.05, 3.63) is 71.8 Å². The molecular formula is C25H32N2O5. The Morgan fingerprint density at radius 3 is 2.00 bits per heavy atom. The van der Waals surface area contributed by atoms with Crippen LogP contribution in [0.1, 0.15) is 31.4 Å². The van der Waals surface area contributed by atoms with Crippen LogP contribution in [0.3, 0.4) is 0 Å². The Bertz CT molecular complexity index is 855. The zero-order valence-corrected chi connectivity index (χ0v) is 18.9. The highest BCUT2D eigenvalue weighted by Crippen LogP contribution is 2.09. The van der Waals surface area contributed by atoms with Crippen molar-refractivity contribution in [2.45, 2.75) is 45.4 Å². The molecular weight excluding hydrogens is 408 g/mol. The van der Waals surface area contributed by atoms with Crippen LogP contribution in [-0.4, -0.2) is 43.6 Å². The van der Waals surface area contributed by atoms with E-state index >= 15 is 0 Å². The number of hydrogen-bond donors (Lipinski definition) is 2. The number of benzene rings is 2. The van der Waals surface area contributed by atoms with Gasteiger partial charge in [0.05, 0.1) is 6.04 Å². The van der Waals surface area contributed by atoms with E-state index < -0.39 is 24.1 Å². The summed E-state index contributed by atoms with van der Waals surface area (Å²) in [4.78, 5) is 37.9. The van der Waals surface area contributed by atoms with Crippen LogP contribution in [0.2, 0.25) is 0 Å². The first-order valence-electron chi connectivity index (χ1n) is 10.7. The van der Waals surface area contributed by atoms with Crippen LogP contribution >= 0.6 is 0 Å². The fourth-order valence-electron chi connectivity index (χ4n) is 3.22. The maximum atomic E-state index is 13.0. The third-order valence-corrected chi connectivity index (χ3v) is 4.80. The molecule has 2 amide bonds. The maximum absolute atomic E-state index is 13.0. The van der Waals surface area contributed by atoms with Crippen LogP contribution in [0.5, 0.6) is 0 Å². The van der Waals surface area contributed by atoms with Crippen molar-refractivity contribution in [2.24, 2.45) is 5.92 Å². The summed E-state index contributed by atoms with van der Waals surface area (Å²) in [5.74, 6) is -0.525. The number of methoxy groups -OCH3 is 1. The lowest BCUT2D eigenvalue weighted by atomic mass is 10.00. The molecule has 0 radical (unpaired) electrons. The summed E-state index contributed by atoms with van der Waals surface area (Å²) >= 11 is 0. The first-order chi connectivity index (χ1) is 15.4. The molecule has 0 aliphatic rings. The Hall–Kier alpha value is -3.19. The highest BCUT2D eigenvalue weighted by atomic mass is 16.5. The largest absolute Gasteiger partial charge is 0.445 e. The van der Waals surface area contributed by atoms with E-state index in [4.69, 9.17) is 9.47 Å². The van der Waals surface area contributed by atoms with E-state index in [1.165, 1.54) is 7.11 Å². The van der Waals surface area contributed by atoms with E-state index in [0.717, 1.165) is 11.1 Å². The number of amides is 2. The minimum atomic E-state index is -0.827. The van der Waals surface area contributed by atoms with Gasteiger partial charge in [-0.1, -0.05) is 74.5 Å². The third-order valence-electron chi connectivity index (χ3n) is 4.80. The summed E-state index contributed by atoms with van der Waals surface area (Å²) < 4.78 is 10.2. The molecule has 0 saturated heterocycles. The van der Waals surface area contributed by atoms with Crippen LogP contribution < -0.4 is 10.6 Å². The van der Waals surface area contributed by atoms with E-state index in [1.54, 1.807) is 0 Å². The fraction of sp³-hybridized carbons (Fsp3) is 0.400. The standard InChI is InChI=1S/C25H32N2O5/c1-18(2)14-22(27-25(30)32-16-20-12-8-5-9-13-20)24(29)26-21(23(28)17-31-3)15-19-10-6-4-7-11-19/h4-13,18,21-22H,14-17H2,1-3H3,(H,26,29)(H,27,30)/t21-,22-/m0/s1. The van der Waals surface area contributed by atoms with Crippen molar-refractivity contribution in [3.63, 3.8) is 0 Å². The van der Waals surface area contributed by atoms with E-state index in [0.29, 0.717) is 12.8 Å². The lowest BCUT2D eigenvalue weighted by molar-refractivity contribution is -0.130. The molecule has 172 valence electrons. The maximum Gasteiger partial charge on any atom is 0.408 e. The molecule has 0 fully saturated rings. The molecule has 0 aliphatic carbocycles. The fourth-order valence-corrected chi connectivity index (χ4v) is 3.22. The van der Waals surface area contributed by atoms with Crippen molar-refractivity contribution >= 4 is 17.8 Å². The number of alkyl carbamates (subject to hydrolysis) is 1. The molecule has 2 N–H and O–H groups in total. The Morgan fingerprint density at radius 1 is 0.844 bits per heavy atom. The molecule has 2 aromatic carbocycles. The van der Waals surface area contributed by atoms with Crippen LogP contribution in [0.15, 0.2) is 60.7 Å². The first kappa shape index (κ1) is 25.1. The Labute approximate surface area is 189 Å². The van der Waals surface area contributed by atoms with Crippen LogP contribution in [0.4, 0.5) is 4.79 Å². The zero-order chi connectivity index (χ0) is 23.3. The van der Waals surface area contributed by atoms with Crippen molar-refractivity contribution in [3.8, 4) is 0 Å². The minimum absolute atomic E-state index is 0.103. The van der Waals surface area contributed by atoms with Crippen molar-refractivity contribution in [1.29, 1.82) is 0 Å². The predicted octanol–water partition coefficient (Wildman–Crippen LogP) is 3.27. The van der Waals surface area contributed by atoms with E-state index in [2.05, 4.69) is 10.6 Å². The summed E-state index contributed by atoms with van der Waals surface area (Å²) in [7, 11) is 1.44. The van der Waals surface area contributed by atoms with Crippen LogP contribution in [-0.2, 0) is 32.1 Å². The van der Waals surface area contributed by atoms with Gasteiger partial charge in [-0.15, -0.1) is 0 Å². The lowest BCUT2D eigenvalue weighted by Gasteiger charge is -2.24. The van der Waals surface area contributed by atoms with Gasteiger partial charge in [-0.3, -0.25) is 9.59 Å². The highest BCUT2D eigenvalue weighted by Gasteiger charge is 2.27. The van der Waals surface area contributed by atoms with Gasteiger partial charge in [0.15, 0.2) is 5.78 Å². The molecule has 0 aliphatic heterocycles. The second-order valence-corrected chi connectivity index (χ2v) is 8.04. The Balaban J connectivity index is 2.03. The first-order valence-corrected chi connectivity index (χ1v) is 10.7. The quantitative estimate of drug-likeness (QED) is 0.528. The number of ether oxygens (including phenoxy) is 2. The summed E-state index contributed by atoms with van der Waals surface area (Å²) in [6.45, 7) is 3.90. The number of Topliss-reactive ketones (excluding diaryl/α,β-unsaturated/α-hetero) is 1. The van der Waals surface area contributed by atoms with Gasteiger partial charge in [-0.05, 0) is 29.9 Å². The third kappa shape index (κ3) is 8.89. The topological polar surface area (TPSA) is 93.7 Å². The molecule has 0 spiro atoms. The molecule has 0 heterocycles. The molecule has 32 heavy (non-hydrogen) atoms. The SMILES string of the molecule is COCC(=O)[C@H](Cc1ccccc1)NC(=O)[C@H](CC(C)C)NC(=O)OCc1ccccc1.